The van der Waals surface area contributed by atoms with E-state index in [9.17, 15) is 14.4 Å². The number of aryl methyl sites for hydroxylation is 1. The van der Waals surface area contributed by atoms with Gasteiger partial charge in [0, 0.05) is 67.2 Å². The summed E-state index contributed by atoms with van der Waals surface area (Å²) in [6.45, 7) is 14.9. The highest BCUT2D eigenvalue weighted by atomic mass is 32.2. The number of piperidine rings is 2. The molecule has 2 aromatic carbocycles. The van der Waals surface area contributed by atoms with E-state index in [4.69, 9.17) is 10.8 Å². The molecular formula is C49H72N10O4S. The van der Waals surface area contributed by atoms with Crippen LogP contribution < -0.4 is 21.7 Å². The summed E-state index contributed by atoms with van der Waals surface area (Å²) in [6, 6.07) is 16.7. The molecule has 15 heteroatoms. The van der Waals surface area contributed by atoms with Gasteiger partial charge in [-0.2, -0.15) is 10.1 Å². The van der Waals surface area contributed by atoms with Crippen LogP contribution in [0.1, 0.15) is 147 Å². The predicted molar refractivity (Wildman–Crippen MR) is 258 cm³/mol. The fraction of sp³-hybridized carbons (Fsp3) is 0.592. The number of amides is 3. The Hall–Kier alpha value is -4.57. The van der Waals surface area contributed by atoms with Gasteiger partial charge in [0.25, 0.3) is 0 Å². The molecule has 0 bridgehead atoms. The van der Waals surface area contributed by atoms with Gasteiger partial charge in [0.15, 0.2) is 5.82 Å². The average Bonchev–Trinajstić information content (AvgIpc) is 4.00. The first-order valence-corrected chi connectivity index (χ1v) is 24.6. The van der Waals surface area contributed by atoms with E-state index in [1.54, 1.807) is 6.20 Å². The molecule has 2 saturated heterocycles. The van der Waals surface area contributed by atoms with Crippen molar-refractivity contribution in [2.24, 2.45) is 13.0 Å². The zero-order valence-corrected chi connectivity index (χ0v) is 39.8. The standard InChI is InChI=1S/C33H46N6O2S.C8H8N4O.C6H12O.C2H6/c1-23(2)30-20-27(26-11-12-29-31(21-26)37(4)36-33(29)35-32(41)13-15-34-22-40)14-18-39(30)24(3)25-9-8-10-28(19-25)42-38-16-6-5-7-17-38;9-7-10-3-4-5(12-7)11-6(13)8(4)1-2-8;7-6-4-2-1-3-5-6;1-2/h8-12,19,21-24,27,30H,5-7,13-18,20H2,1-4H3,(H,34,40)(H,35,36,41);3H,1-2H2,(H3,9,10,11,12,13);6-7H,1-5H2;1-2H3. The number of nitrogens with one attached hydrogen (secondary N) is 3. The maximum Gasteiger partial charge on any atom is 0.236 e. The lowest BCUT2D eigenvalue weighted by Gasteiger charge is -2.45. The van der Waals surface area contributed by atoms with Crippen LogP contribution in [-0.4, -0.2) is 90.6 Å². The largest absolute Gasteiger partial charge is 0.393 e. The minimum Gasteiger partial charge on any atom is -0.393 e. The van der Waals surface area contributed by atoms with E-state index in [0.29, 0.717) is 48.5 Å². The number of anilines is 3. The number of aliphatic hydroxyl groups is 1. The Kier molecular flexibility index (Phi) is 17.6. The number of hydrogen-bond acceptors (Lipinski definition) is 11. The van der Waals surface area contributed by atoms with Crippen molar-refractivity contribution in [2.75, 3.05) is 42.5 Å². The second-order valence-electron chi connectivity index (χ2n) is 18.0. The van der Waals surface area contributed by atoms with Crippen molar-refractivity contribution in [3.63, 3.8) is 0 Å². The average molecular weight is 897 g/mol. The molecule has 4 aromatic rings. The molecule has 3 atom stereocenters. The molecule has 2 aliphatic carbocycles. The van der Waals surface area contributed by atoms with E-state index in [1.165, 1.54) is 67.6 Å². The van der Waals surface area contributed by atoms with Crippen LogP contribution >= 0.6 is 11.9 Å². The fourth-order valence-corrected chi connectivity index (χ4v) is 10.6. The first-order chi connectivity index (χ1) is 30.9. The van der Waals surface area contributed by atoms with Gasteiger partial charge in [0.2, 0.25) is 24.2 Å². The van der Waals surface area contributed by atoms with Crippen LogP contribution in [0.5, 0.6) is 0 Å². The summed E-state index contributed by atoms with van der Waals surface area (Å²) in [5, 5.41) is 22.6. The molecule has 6 N–H and O–H groups in total. The Morgan fingerprint density at radius 2 is 1.75 bits per heavy atom. The number of nitrogens with two attached hydrogens (primary N) is 1. The molecule has 1 spiro atoms. The summed E-state index contributed by atoms with van der Waals surface area (Å²) in [6.07, 6.45) is 16.4. The lowest BCUT2D eigenvalue weighted by molar-refractivity contribution is -0.118. The molecule has 0 radical (unpaired) electrons. The zero-order valence-electron chi connectivity index (χ0n) is 38.9. The molecule has 2 saturated carbocycles. The van der Waals surface area contributed by atoms with Gasteiger partial charge in [0.1, 0.15) is 5.82 Å². The third-order valence-corrected chi connectivity index (χ3v) is 14.4. The second kappa shape index (κ2) is 23.1. The minimum absolute atomic E-state index is 0.0359. The van der Waals surface area contributed by atoms with Crippen LogP contribution in [0.2, 0.25) is 0 Å². The van der Waals surface area contributed by atoms with Crippen LogP contribution in [-0.2, 0) is 26.8 Å². The number of carbonyl (C=O) groups excluding carboxylic acids is 3. The van der Waals surface area contributed by atoms with Crippen molar-refractivity contribution in [1.29, 1.82) is 0 Å². The molecule has 2 aromatic heterocycles. The highest BCUT2D eigenvalue weighted by Crippen LogP contribution is 2.54. The molecular weight excluding hydrogens is 825 g/mol. The molecule has 5 heterocycles. The van der Waals surface area contributed by atoms with Gasteiger partial charge in [-0.3, -0.25) is 24.0 Å². The van der Waals surface area contributed by atoms with E-state index in [1.807, 2.05) is 37.5 Å². The summed E-state index contributed by atoms with van der Waals surface area (Å²) >= 11 is 1.93. The highest BCUT2D eigenvalue weighted by molar-refractivity contribution is 7.97. The topological polar surface area (TPSA) is 184 Å². The van der Waals surface area contributed by atoms with Gasteiger partial charge in [0.05, 0.1) is 17.0 Å². The second-order valence-corrected chi connectivity index (χ2v) is 19.2. The Morgan fingerprint density at radius 3 is 2.42 bits per heavy atom. The Balaban J connectivity index is 0.000000249. The Bertz CT molecular complexity index is 2160. The SMILES string of the molecule is CC.CC(C)C1CC(c2ccc3c(NC(=O)CCNC=O)nn(C)c3c2)CCN1C(C)c1cccc(SN2CCCCC2)c1.Nc1ncc2c(n1)NC(=O)C21CC1.OC1CCCCC1. The van der Waals surface area contributed by atoms with Gasteiger partial charge in [-0.1, -0.05) is 71.6 Å². The quantitative estimate of drug-likeness (QED) is 0.0553. The Labute approximate surface area is 384 Å². The van der Waals surface area contributed by atoms with Crippen molar-refractivity contribution >= 4 is 58.7 Å². The molecule has 5 aliphatic rings. The number of carbonyl (C=O) groups is 3. The number of likely N-dealkylation sites (tertiary alicyclic amines) is 1. The summed E-state index contributed by atoms with van der Waals surface area (Å²) < 4.78 is 4.38. The fourth-order valence-electron chi connectivity index (χ4n) is 9.53. The van der Waals surface area contributed by atoms with Gasteiger partial charge in [-0.05, 0) is 124 Å². The third kappa shape index (κ3) is 12.2. The van der Waals surface area contributed by atoms with Crippen molar-refractivity contribution in [2.45, 2.75) is 153 Å². The van der Waals surface area contributed by atoms with E-state index in [0.717, 1.165) is 61.5 Å². The predicted octanol–water partition coefficient (Wildman–Crippen LogP) is 8.49. The van der Waals surface area contributed by atoms with Crippen LogP contribution in [0, 0.1) is 5.92 Å². The zero-order chi connectivity index (χ0) is 45.8. The number of benzene rings is 2. The molecule has 348 valence electrons. The van der Waals surface area contributed by atoms with Gasteiger partial charge in [-0.15, -0.1) is 0 Å². The smallest absolute Gasteiger partial charge is 0.236 e. The number of hydrogen-bond donors (Lipinski definition) is 5. The van der Waals surface area contributed by atoms with E-state index < -0.39 is 0 Å². The molecule has 9 rings (SSSR count). The van der Waals surface area contributed by atoms with Crippen LogP contribution in [0.25, 0.3) is 10.9 Å². The number of nitrogen functional groups attached to an aromatic ring is 1. The van der Waals surface area contributed by atoms with Gasteiger partial charge < -0.3 is 26.8 Å². The highest BCUT2D eigenvalue weighted by Gasteiger charge is 2.57. The molecule has 3 amide bonds. The summed E-state index contributed by atoms with van der Waals surface area (Å²) in [4.78, 5) is 46.3. The van der Waals surface area contributed by atoms with Crippen molar-refractivity contribution in [3.05, 3.63) is 65.4 Å². The van der Waals surface area contributed by atoms with E-state index >= 15 is 0 Å². The Morgan fingerprint density at radius 1 is 1.02 bits per heavy atom. The van der Waals surface area contributed by atoms with Gasteiger partial charge in [-0.25, -0.2) is 9.29 Å². The summed E-state index contributed by atoms with van der Waals surface area (Å²) in [5.41, 5.74) is 9.80. The summed E-state index contributed by atoms with van der Waals surface area (Å²) in [5.74, 6) is 2.28. The van der Waals surface area contributed by atoms with Crippen LogP contribution in [0.4, 0.5) is 17.6 Å². The van der Waals surface area contributed by atoms with Crippen LogP contribution in [0.3, 0.4) is 0 Å². The van der Waals surface area contributed by atoms with E-state index in [2.05, 4.69) is 103 Å². The lowest BCUT2D eigenvalue weighted by atomic mass is 9.80. The maximum atomic E-state index is 12.3. The lowest BCUT2D eigenvalue weighted by Crippen LogP contribution is -2.46. The van der Waals surface area contributed by atoms with Crippen molar-refractivity contribution < 1.29 is 19.5 Å². The van der Waals surface area contributed by atoms with E-state index in [-0.39, 0.29) is 35.7 Å². The normalized spacial score (nSPS) is 21.0. The monoisotopic (exact) mass is 897 g/mol. The number of aliphatic hydroxyl groups excluding tert-OH is 1. The van der Waals surface area contributed by atoms with Crippen LogP contribution in [0.15, 0.2) is 53.6 Å². The third-order valence-electron chi connectivity index (χ3n) is 13.3. The number of rotatable bonds is 11. The molecule has 3 aliphatic heterocycles. The number of aromatic nitrogens is 4. The molecule has 64 heavy (non-hydrogen) atoms. The molecule has 14 nitrogen and oxygen atoms in total. The van der Waals surface area contributed by atoms with Crippen molar-refractivity contribution in [3.8, 4) is 0 Å². The van der Waals surface area contributed by atoms with Crippen molar-refractivity contribution in [1.82, 2.24) is 34.3 Å². The minimum atomic E-state index is -0.303. The maximum absolute atomic E-state index is 12.3. The first-order valence-electron chi connectivity index (χ1n) is 23.8. The van der Waals surface area contributed by atoms with Gasteiger partial charge >= 0.3 is 0 Å². The molecule has 3 unspecified atom stereocenters. The first kappa shape index (κ1) is 48.9. The molecule has 4 fully saturated rings. The number of nitrogens with zero attached hydrogens (tertiary/aromatic N) is 6. The summed E-state index contributed by atoms with van der Waals surface area (Å²) in [7, 11) is 1.93. The number of fused-ring (bicyclic) bond motifs is 3.